The van der Waals surface area contributed by atoms with Crippen LogP contribution in [0.1, 0.15) is 25.5 Å². The number of likely N-dealkylation sites (N-methyl/N-ethyl adjacent to an activating group) is 1. The number of rotatable bonds is 6. The number of halogens is 1. The highest BCUT2D eigenvalue weighted by atomic mass is 19.1. The summed E-state index contributed by atoms with van der Waals surface area (Å²) in [5.74, 6) is -0.0271. The molecule has 21 heavy (non-hydrogen) atoms. The van der Waals surface area contributed by atoms with E-state index in [1.54, 1.807) is 6.07 Å². The van der Waals surface area contributed by atoms with Crippen molar-refractivity contribution in [2.45, 2.75) is 26.0 Å². The Balaban J connectivity index is 1.91. The molecule has 2 atom stereocenters. The molecule has 0 aliphatic carbocycles. The summed E-state index contributed by atoms with van der Waals surface area (Å²) in [6, 6.07) is 5.27. The Bertz CT molecular complexity index is 456. The molecule has 0 spiro atoms. The van der Waals surface area contributed by atoms with Crippen LogP contribution >= 0.6 is 0 Å². The summed E-state index contributed by atoms with van der Waals surface area (Å²) in [6.07, 6.45) is 0.00325. The number of nitrogens with one attached hydrogen (secondary N) is 1. The van der Waals surface area contributed by atoms with Crippen molar-refractivity contribution in [2.75, 3.05) is 39.9 Å². The average Bonchev–Trinajstić information content (AvgIpc) is 2.46. The molecule has 1 heterocycles. The highest BCUT2D eigenvalue weighted by Crippen LogP contribution is 2.22. The molecule has 0 saturated carbocycles. The van der Waals surface area contributed by atoms with Gasteiger partial charge in [0.15, 0.2) is 11.6 Å². The van der Waals surface area contributed by atoms with E-state index in [4.69, 9.17) is 9.47 Å². The molecular weight excluding hydrogens is 271 g/mol. The van der Waals surface area contributed by atoms with Gasteiger partial charge in [-0.15, -0.1) is 0 Å². The van der Waals surface area contributed by atoms with Crippen molar-refractivity contribution in [3.05, 3.63) is 29.6 Å². The fourth-order valence-electron chi connectivity index (χ4n) is 2.48. The van der Waals surface area contributed by atoms with Crippen molar-refractivity contribution in [1.82, 2.24) is 10.2 Å². The predicted molar refractivity (Wildman–Crippen MR) is 81.2 cm³/mol. The highest BCUT2D eigenvalue weighted by Gasteiger charge is 2.19. The molecule has 1 aliphatic rings. The van der Waals surface area contributed by atoms with Gasteiger partial charge in [0.25, 0.3) is 0 Å². The first-order valence-corrected chi connectivity index (χ1v) is 7.56. The molecule has 5 heteroatoms. The Morgan fingerprint density at radius 3 is 3.00 bits per heavy atom. The van der Waals surface area contributed by atoms with Crippen molar-refractivity contribution >= 4 is 0 Å². The number of ether oxygens (including phenoxy) is 2. The lowest BCUT2D eigenvalue weighted by Crippen LogP contribution is -2.42. The minimum Gasteiger partial charge on any atom is -0.488 e. The van der Waals surface area contributed by atoms with Crippen LogP contribution in [0.15, 0.2) is 18.2 Å². The van der Waals surface area contributed by atoms with Crippen LogP contribution in [0.25, 0.3) is 0 Å². The van der Waals surface area contributed by atoms with Gasteiger partial charge >= 0.3 is 0 Å². The second kappa shape index (κ2) is 7.73. The number of morpholine rings is 1. The highest BCUT2D eigenvalue weighted by molar-refractivity contribution is 5.31. The summed E-state index contributed by atoms with van der Waals surface area (Å²) >= 11 is 0. The molecule has 1 N–H and O–H groups in total. The van der Waals surface area contributed by atoms with E-state index < -0.39 is 0 Å². The van der Waals surface area contributed by atoms with Crippen molar-refractivity contribution in [3.8, 4) is 5.75 Å². The summed E-state index contributed by atoms with van der Waals surface area (Å²) in [4.78, 5) is 2.19. The van der Waals surface area contributed by atoms with Crippen LogP contribution < -0.4 is 10.1 Å². The Morgan fingerprint density at radius 2 is 2.33 bits per heavy atom. The molecule has 0 amide bonds. The van der Waals surface area contributed by atoms with Crippen LogP contribution in [0.2, 0.25) is 0 Å². The van der Waals surface area contributed by atoms with Gasteiger partial charge in [-0.05, 0) is 38.2 Å². The first-order valence-electron chi connectivity index (χ1n) is 7.56. The van der Waals surface area contributed by atoms with E-state index in [2.05, 4.69) is 10.2 Å². The molecule has 0 aromatic heterocycles. The van der Waals surface area contributed by atoms with Gasteiger partial charge in [0, 0.05) is 19.1 Å². The third-order valence-electron chi connectivity index (χ3n) is 3.73. The molecule has 0 radical (unpaired) electrons. The summed E-state index contributed by atoms with van der Waals surface area (Å²) < 4.78 is 25.3. The zero-order valence-corrected chi connectivity index (χ0v) is 13.1. The van der Waals surface area contributed by atoms with E-state index in [-0.39, 0.29) is 18.0 Å². The maximum Gasteiger partial charge on any atom is 0.165 e. The number of benzene rings is 1. The maximum atomic E-state index is 14.1. The summed E-state index contributed by atoms with van der Waals surface area (Å²) in [6.45, 7) is 7.73. The number of nitrogens with zero attached hydrogens (tertiary/aromatic N) is 1. The first-order chi connectivity index (χ1) is 10.1. The van der Waals surface area contributed by atoms with E-state index in [0.717, 1.165) is 25.2 Å². The van der Waals surface area contributed by atoms with E-state index in [1.165, 1.54) is 6.07 Å². The molecule has 118 valence electrons. The molecule has 1 aromatic rings. The second-order valence-electron chi connectivity index (χ2n) is 5.54. The van der Waals surface area contributed by atoms with Crippen LogP contribution in [-0.2, 0) is 4.74 Å². The zero-order valence-electron chi connectivity index (χ0n) is 13.1. The monoisotopic (exact) mass is 296 g/mol. The third kappa shape index (κ3) is 4.66. The average molecular weight is 296 g/mol. The van der Waals surface area contributed by atoms with Crippen LogP contribution in [0.5, 0.6) is 5.75 Å². The summed E-state index contributed by atoms with van der Waals surface area (Å²) in [5, 5.41) is 3.26. The van der Waals surface area contributed by atoms with Gasteiger partial charge in [0.2, 0.25) is 0 Å². The number of hydrogen-bond donors (Lipinski definition) is 1. The minimum absolute atomic E-state index is 0.00325. The van der Waals surface area contributed by atoms with E-state index in [1.807, 2.05) is 27.0 Å². The fraction of sp³-hybridized carbons (Fsp3) is 0.625. The Kier molecular flexibility index (Phi) is 5.96. The Hall–Kier alpha value is -1.17. The molecule has 1 fully saturated rings. The second-order valence-corrected chi connectivity index (χ2v) is 5.54. The zero-order chi connectivity index (χ0) is 15.2. The summed E-state index contributed by atoms with van der Waals surface area (Å²) in [5.41, 5.74) is 0.926. The smallest absolute Gasteiger partial charge is 0.165 e. The topological polar surface area (TPSA) is 33.7 Å². The number of hydrogen-bond acceptors (Lipinski definition) is 4. The van der Waals surface area contributed by atoms with Crippen LogP contribution in [-0.4, -0.2) is 50.9 Å². The molecule has 4 nitrogen and oxygen atoms in total. The van der Waals surface area contributed by atoms with E-state index in [0.29, 0.717) is 19.0 Å². The lowest BCUT2D eigenvalue weighted by Gasteiger charge is -2.29. The Labute approximate surface area is 126 Å². The molecule has 1 saturated heterocycles. The normalized spacial score (nSPS) is 21.2. The van der Waals surface area contributed by atoms with Gasteiger partial charge in [0.1, 0.15) is 12.7 Å². The van der Waals surface area contributed by atoms with Gasteiger partial charge in [0.05, 0.1) is 6.61 Å². The van der Waals surface area contributed by atoms with Crippen molar-refractivity contribution in [2.24, 2.45) is 0 Å². The minimum atomic E-state index is -0.318. The fourth-order valence-corrected chi connectivity index (χ4v) is 2.48. The quantitative estimate of drug-likeness (QED) is 0.872. The van der Waals surface area contributed by atoms with Crippen molar-refractivity contribution in [1.29, 1.82) is 0 Å². The molecule has 2 unspecified atom stereocenters. The van der Waals surface area contributed by atoms with Crippen LogP contribution in [0.3, 0.4) is 0 Å². The van der Waals surface area contributed by atoms with Crippen molar-refractivity contribution in [3.63, 3.8) is 0 Å². The van der Waals surface area contributed by atoms with Gasteiger partial charge in [-0.2, -0.15) is 0 Å². The predicted octanol–water partition coefficient (Wildman–Crippen LogP) is 2.21. The third-order valence-corrected chi connectivity index (χ3v) is 3.73. The molecule has 1 aromatic carbocycles. The van der Waals surface area contributed by atoms with Gasteiger partial charge < -0.3 is 19.7 Å². The van der Waals surface area contributed by atoms with Gasteiger partial charge in [-0.25, -0.2) is 4.39 Å². The Morgan fingerprint density at radius 1 is 1.52 bits per heavy atom. The maximum absolute atomic E-state index is 14.1. The lowest BCUT2D eigenvalue weighted by atomic mass is 10.1. The molecule has 2 rings (SSSR count). The van der Waals surface area contributed by atoms with E-state index >= 15 is 0 Å². The van der Waals surface area contributed by atoms with Gasteiger partial charge in [-0.3, -0.25) is 0 Å². The largest absolute Gasteiger partial charge is 0.488 e. The standard InChI is InChI=1S/C16H25FN2O2/c1-4-18-12(2)13-5-6-16(15(17)9-13)21-11-14-10-19(3)7-8-20-14/h5-6,9,12,14,18H,4,7-8,10-11H2,1-3H3. The van der Waals surface area contributed by atoms with Crippen LogP contribution in [0.4, 0.5) is 4.39 Å². The molecule has 0 bridgehead atoms. The van der Waals surface area contributed by atoms with E-state index in [9.17, 15) is 4.39 Å². The lowest BCUT2D eigenvalue weighted by molar-refractivity contribution is -0.0408. The van der Waals surface area contributed by atoms with Crippen LogP contribution in [0, 0.1) is 5.82 Å². The first kappa shape index (κ1) is 16.2. The van der Waals surface area contributed by atoms with Crippen molar-refractivity contribution < 1.29 is 13.9 Å². The molecular formula is C16H25FN2O2. The van der Waals surface area contributed by atoms with Gasteiger partial charge in [-0.1, -0.05) is 13.0 Å². The summed E-state index contributed by atoms with van der Waals surface area (Å²) in [7, 11) is 2.05. The SMILES string of the molecule is CCNC(C)c1ccc(OCC2CN(C)CCO2)c(F)c1. The molecule has 1 aliphatic heterocycles.